The minimum absolute atomic E-state index is 0.112. The van der Waals surface area contributed by atoms with E-state index >= 15 is 0 Å². The highest BCUT2D eigenvalue weighted by Crippen LogP contribution is 2.53. The summed E-state index contributed by atoms with van der Waals surface area (Å²) < 4.78 is 0. The molecule has 6 heteroatoms. The van der Waals surface area contributed by atoms with Crippen molar-refractivity contribution in [2.24, 2.45) is 23.7 Å². The van der Waals surface area contributed by atoms with Gasteiger partial charge in [-0.05, 0) is 47.9 Å². The van der Waals surface area contributed by atoms with Crippen molar-refractivity contribution in [2.75, 3.05) is 10.2 Å². The van der Waals surface area contributed by atoms with Gasteiger partial charge in [0.2, 0.25) is 11.8 Å². The lowest BCUT2D eigenvalue weighted by Gasteiger charge is -2.18. The van der Waals surface area contributed by atoms with Crippen molar-refractivity contribution in [1.29, 1.82) is 0 Å². The Morgan fingerprint density at radius 1 is 1.04 bits per heavy atom. The highest BCUT2D eigenvalue weighted by Gasteiger charge is 2.59. The van der Waals surface area contributed by atoms with Gasteiger partial charge in [-0.3, -0.25) is 14.4 Å². The Morgan fingerprint density at radius 2 is 1.77 bits per heavy atom. The number of hydrogen-bond donors (Lipinski definition) is 1. The molecular formula is C20H16N2O3S. The van der Waals surface area contributed by atoms with Crippen LogP contribution in [0.25, 0.3) is 0 Å². The molecule has 1 aromatic carbocycles. The molecule has 1 aliphatic heterocycles. The van der Waals surface area contributed by atoms with Gasteiger partial charge >= 0.3 is 0 Å². The maximum Gasteiger partial charge on any atom is 0.265 e. The average Bonchev–Trinajstić information content (AvgIpc) is 3.39. The zero-order valence-electron chi connectivity index (χ0n) is 13.8. The molecule has 0 radical (unpaired) electrons. The minimum Gasteiger partial charge on any atom is -0.321 e. The molecule has 2 heterocycles. The number of benzene rings is 1. The first-order valence-corrected chi connectivity index (χ1v) is 9.52. The van der Waals surface area contributed by atoms with E-state index in [2.05, 4.69) is 17.5 Å². The molecule has 1 N–H and O–H groups in total. The third-order valence-electron chi connectivity index (χ3n) is 5.58. The lowest BCUT2D eigenvalue weighted by molar-refractivity contribution is -0.123. The van der Waals surface area contributed by atoms with Crippen LogP contribution >= 0.6 is 11.3 Å². The Kier molecular flexibility index (Phi) is 3.37. The first-order chi connectivity index (χ1) is 12.6. The normalized spacial score (nSPS) is 28.7. The van der Waals surface area contributed by atoms with Crippen LogP contribution in [-0.2, 0) is 9.59 Å². The number of hydrogen-bond acceptors (Lipinski definition) is 4. The quantitative estimate of drug-likeness (QED) is 0.671. The fourth-order valence-corrected chi connectivity index (χ4v) is 5.10. The minimum atomic E-state index is -0.220. The number of nitrogens with zero attached hydrogens (tertiary/aromatic N) is 1. The van der Waals surface area contributed by atoms with E-state index < -0.39 is 0 Å². The van der Waals surface area contributed by atoms with Gasteiger partial charge < -0.3 is 5.32 Å². The summed E-state index contributed by atoms with van der Waals surface area (Å²) in [5.41, 5.74) is 1.09. The van der Waals surface area contributed by atoms with E-state index in [0.29, 0.717) is 16.3 Å². The van der Waals surface area contributed by atoms with E-state index in [9.17, 15) is 14.4 Å². The summed E-state index contributed by atoms with van der Waals surface area (Å²) in [4.78, 5) is 39.9. The molecule has 2 bridgehead atoms. The van der Waals surface area contributed by atoms with E-state index in [-0.39, 0.29) is 41.4 Å². The predicted molar refractivity (Wildman–Crippen MR) is 98.9 cm³/mol. The van der Waals surface area contributed by atoms with Crippen LogP contribution in [0.2, 0.25) is 0 Å². The third kappa shape index (κ3) is 2.18. The van der Waals surface area contributed by atoms with E-state index in [4.69, 9.17) is 0 Å². The zero-order valence-corrected chi connectivity index (χ0v) is 14.6. The number of carbonyl (C=O) groups is 3. The fourth-order valence-electron chi connectivity index (χ4n) is 4.48. The number of thiophene rings is 1. The number of rotatable bonds is 3. The van der Waals surface area contributed by atoms with E-state index in [1.807, 2.05) is 11.4 Å². The highest BCUT2D eigenvalue weighted by molar-refractivity contribution is 7.12. The number of allylic oxidation sites excluding steroid dienone is 2. The standard InChI is InChI=1S/C20H16N2O3S/c23-18(15-5-2-8-26-15)21-13-3-1-4-14(10-13)22-19(24)16-11-6-7-12(9-11)17(16)20(22)25/h1-8,10-12,16-17H,9H2,(H,21,23)/t11-,12-,16-,17+/m1/s1. The van der Waals surface area contributed by atoms with Crippen LogP contribution in [0.1, 0.15) is 16.1 Å². The highest BCUT2D eigenvalue weighted by atomic mass is 32.1. The van der Waals surface area contributed by atoms with Crippen molar-refractivity contribution in [3.8, 4) is 0 Å². The number of imide groups is 1. The molecule has 2 aromatic rings. The van der Waals surface area contributed by atoms with Gasteiger partial charge in [-0.1, -0.05) is 24.3 Å². The Balaban J connectivity index is 1.42. The van der Waals surface area contributed by atoms with E-state index in [1.54, 1.807) is 30.3 Å². The molecule has 5 rings (SSSR count). The van der Waals surface area contributed by atoms with Crippen LogP contribution in [0.15, 0.2) is 53.9 Å². The number of fused-ring (bicyclic) bond motifs is 5. The fraction of sp³-hybridized carbons (Fsp3) is 0.250. The molecule has 4 atom stereocenters. The summed E-state index contributed by atoms with van der Waals surface area (Å²) in [5.74, 6) is -0.488. The van der Waals surface area contributed by atoms with Crippen molar-refractivity contribution in [3.63, 3.8) is 0 Å². The molecule has 3 aliphatic rings. The molecule has 2 fully saturated rings. The van der Waals surface area contributed by atoms with E-state index in [1.165, 1.54) is 16.2 Å². The van der Waals surface area contributed by atoms with Gasteiger partial charge in [0.1, 0.15) is 0 Å². The molecule has 0 spiro atoms. The van der Waals surface area contributed by atoms with Gasteiger partial charge in [0.05, 0.1) is 22.4 Å². The van der Waals surface area contributed by atoms with Gasteiger partial charge in [0.25, 0.3) is 5.91 Å². The Labute approximate surface area is 154 Å². The van der Waals surface area contributed by atoms with Crippen LogP contribution in [-0.4, -0.2) is 17.7 Å². The van der Waals surface area contributed by atoms with Gasteiger partial charge in [-0.15, -0.1) is 11.3 Å². The molecule has 26 heavy (non-hydrogen) atoms. The van der Waals surface area contributed by atoms with Crippen molar-refractivity contribution in [2.45, 2.75) is 6.42 Å². The van der Waals surface area contributed by atoms with Gasteiger partial charge in [0.15, 0.2) is 0 Å². The molecule has 1 aromatic heterocycles. The molecule has 3 amide bonds. The maximum atomic E-state index is 12.9. The lowest BCUT2D eigenvalue weighted by Crippen LogP contribution is -2.32. The van der Waals surface area contributed by atoms with Gasteiger partial charge in [0, 0.05) is 5.69 Å². The van der Waals surface area contributed by atoms with Crippen molar-refractivity contribution in [1.82, 2.24) is 0 Å². The van der Waals surface area contributed by atoms with Gasteiger partial charge in [-0.25, -0.2) is 4.90 Å². The number of anilines is 2. The summed E-state index contributed by atoms with van der Waals surface area (Å²) in [6, 6.07) is 10.5. The molecular weight excluding hydrogens is 348 g/mol. The second-order valence-electron chi connectivity index (χ2n) is 6.99. The van der Waals surface area contributed by atoms with E-state index in [0.717, 1.165) is 6.42 Å². The molecule has 2 aliphatic carbocycles. The van der Waals surface area contributed by atoms with Gasteiger partial charge in [-0.2, -0.15) is 0 Å². The predicted octanol–water partition coefficient (Wildman–Crippen LogP) is 3.31. The van der Waals surface area contributed by atoms with Crippen molar-refractivity contribution in [3.05, 3.63) is 58.8 Å². The lowest BCUT2D eigenvalue weighted by atomic mass is 9.85. The summed E-state index contributed by atoms with van der Waals surface area (Å²) in [6.07, 6.45) is 5.08. The van der Waals surface area contributed by atoms with Crippen LogP contribution in [0, 0.1) is 23.7 Å². The molecule has 1 saturated heterocycles. The first-order valence-electron chi connectivity index (χ1n) is 8.64. The Hall–Kier alpha value is -2.73. The van der Waals surface area contributed by atoms with Crippen LogP contribution in [0.3, 0.4) is 0 Å². The SMILES string of the molecule is O=C(Nc1cccc(N2C(=O)[C@@H]3[C@H](C2=O)[C@@H]2C=C[C@@H]3C2)c1)c1cccs1. The van der Waals surface area contributed by atoms with Crippen LogP contribution < -0.4 is 10.2 Å². The molecule has 5 nitrogen and oxygen atoms in total. The zero-order chi connectivity index (χ0) is 17.8. The molecule has 1 saturated carbocycles. The average molecular weight is 364 g/mol. The third-order valence-corrected chi connectivity index (χ3v) is 6.45. The number of nitrogens with one attached hydrogen (secondary N) is 1. The Morgan fingerprint density at radius 3 is 2.42 bits per heavy atom. The summed E-state index contributed by atoms with van der Waals surface area (Å²) in [5, 5.41) is 4.67. The first kappa shape index (κ1) is 15.5. The van der Waals surface area contributed by atoms with Crippen LogP contribution in [0.4, 0.5) is 11.4 Å². The summed E-state index contributed by atoms with van der Waals surface area (Å²) >= 11 is 1.36. The largest absolute Gasteiger partial charge is 0.321 e. The smallest absolute Gasteiger partial charge is 0.265 e. The monoisotopic (exact) mass is 364 g/mol. The topological polar surface area (TPSA) is 66.5 Å². The maximum absolute atomic E-state index is 12.9. The summed E-state index contributed by atoms with van der Waals surface area (Å²) in [7, 11) is 0. The second kappa shape index (κ2) is 5.64. The Bertz CT molecular complexity index is 920. The second-order valence-corrected chi connectivity index (χ2v) is 7.94. The van der Waals surface area contributed by atoms with Crippen LogP contribution in [0.5, 0.6) is 0 Å². The number of amides is 3. The molecule has 130 valence electrons. The van der Waals surface area contributed by atoms with Crippen molar-refractivity contribution >= 4 is 40.4 Å². The number of carbonyl (C=O) groups excluding carboxylic acids is 3. The van der Waals surface area contributed by atoms with Crippen molar-refractivity contribution < 1.29 is 14.4 Å². The molecule has 0 unspecified atom stereocenters. The summed E-state index contributed by atoms with van der Waals surface area (Å²) in [6.45, 7) is 0.